The predicted octanol–water partition coefficient (Wildman–Crippen LogP) is 2.29. The van der Waals surface area contributed by atoms with Crippen molar-refractivity contribution < 1.29 is 0 Å². The zero-order valence-corrected chi connectivity index (χ0v) is 20.7. The van der Waals surface area contributed by atoms with Gasteiger partial charge in [-0.15, -0.1) is 0 Å². The van der Waals surface area contributed by atoms with E-state index < -0.39 is 5.56 Å². The Hall–Kier alpha value is -4.41. The van der Waals surface area contributed by atoms with Crippen LogP contribution in [-0.4, -0.2) is 38.0 Å². The molecule has 3 heterocycles. The van der Waals surface area contributed by atoms with E-state index in [1.54, 1.807) is 10.6 Å². The summed E-state index contributed by atoms with van der Waals surface area (Å²) in [7, 11) is 0. The van der Waals surface area contributed by atoms with Crippen LogP contribution in [0.1, 0.15) is 37.3 Å². The zero-order chi connectivity index (χ0) is 26.1. The second kappa shape index (κ2) is 9.92. The van der Waals surface area contributed by atoms with Gasteiger partial charge < -0.3 is 15.2 Å². The molecule has 2 aromatic carbocycles. The minimum atomic E-state index is -0.405. The Labute approximate surface area is 213 Å². The van der Waals surface area contributed by atoms with Gasteiger partial charge in [-0.2, -0.15) is 10.5 Å². The maximum absolute atomic E-state index is 14.0. The monoisotopic (exact) mass is 496 g/mol. The third-order valence-corrected chi connectivity index (χ3v) is 7.06. The number of aromatic nitrogens is 4. The fraction of sp³-hybridized carbons (Fsp3) is 0.370. The average molecular weight is 497 g/mol. The number of anilines is 1. The third-order valence-electron chi connectivity index (χ3n) is 7.06. The summed E-state index contributed by atoms with van der Waals surface area (Å²) in [6, 6.07) is 15.3. The molecular formula is C27H28N8O2. The van der Waals surface area contributed by atoms with Crippen molar-refractivity contribution in [3.05, 3.63) is 68.2 Å². The topological polar surface area (TPSA) is 139 Å². The first-order chi connectivity index (χ1) is 18.0. The molecule has 37 heavy (non-hydrogen) atoms. The smallest absolute Gasteiger partial charge is 0.293 e. The number of nitrogens with two attached hydrogens (primary N) is 1. The number of aryl methyl sites for hydroxylation is 1. The molecule has 1 aliphatic rings. The van der Waals surface area contributed by atoms with Gasteiger partial charge in [0.25, 0.3) is 11.1 Å². The highest BCUT2D eigenvalue weighted by atomic mass is 16.2. The Bertz CT molecular complexity index is 1700. The van der Waals surface area contributed by atoms with Gasteiger partial charge in [-0.25, -0.2) is 14.3 Å². The number of nitrogens with zero attached hydrogens (tertiary/aromatic N) is 7. The molecule has 1 fully saturated rings. The van der Waals surface area contributed by atoms with Crippen LogP contribution < -0.4 is 21.8 Å². The van der Waals surface area contributed by atoms with Crippen molar-refractivity contribution in [2.24, 2.45) is 5.73 Å². The molecule has 1 unspecified atom stereocenters. The standard InChI is InChI=1S/C27H28N8O2/c1-2-33-24-23(31-27(33)32-13-5-7-20(30)17-32)25(36)34(14-6-12-28)35(26(24)37)16-19-11-10-18(15-29)21-8-3-4-9-22(19)21/h3-4,8-11,20H,2,5-7,13-14,16-17,30H2,1H3. The van der Waals surface area contributed by atoms with Gasteiger partial charge in [-0.05, 0) is 42.2 Å². The van der Waals surface area contributed by atoms with Gasteiger partial charge in [0.2, 0.25) is 5.95 Å². The summed E-state index contributed by atoms with van der Waals surface area (Å²) in [6.45, 7) is 3.93. The highest BCUT2D eigenvalue weighted by Crippen LogP contribution is 2.25. The normalized spacial score (nSPS) is 15.7. The molecule has 1 saturated heterocycles. The van der Waals surface area contributed by atoms with Crippen molar-refractivity contribution in [1.29, 1.82) is 10.5 Å². The van der Waals surface area contributed by atoms with E-state index in [2.05, 4.69) is 22.0 Å². The van der Waals surface area contributed by atoms with Crippen LogP contribution in [0.25, 0.3) is 21.8 Å². The number of nitriles is 2. The van der Waals surface area contributed by atoms with E-state index in [0.29, 0.717) is 24.6 Å². The van der Waals surface area contributed by atoms with Gasteiger partial charge in [0.05, 0.1) is 37.2 Å². The summed E-state index contributed by atoms with van der Waals surface area (Å²) < 4.78 is 4.55. The van der Waals surface area contributed by atoms with Crippen molar-refractivity contribution in [3.8, 4) is 12.1 Å². The van der Waals surface area contributed by atoms with Gasteiger partial charge >= 0.3 is 0 Å². The van der Waals surface area contributed by atoms with Crippen molar-refractivity contribution in [2.45, 2.75) is 51.9 Å². The molecule has 0 radical (unpaired) electrons. The minimum Gasteiger partial charge on any atom is -0.341 e. The van der Waals surface area contributed by atoms with Crippen LogP contribution in [0.4, 0.5) is 5.95 Å². The molecule has 10 heteroatoms. The van der Waals surface area contributed by atoms with Crippen LogP contribution in [0.15, 0.2) is 46.0 Å². The SMILES string of the molecule is CCn1c(N2CCCC(N)C2)nc2c(=O)n(CCC#N)n(Cc3ccc(C#N)c4ccccc34)c(=O)c21. The van der Waals surface area contributed by atoms with Crippen LogP contribution in [0.5, 0.6) is 0 Å². The molecule has 0 saturated carbocycles. The summed E-state index contributed by atoms with van der Waals surface area (Å²) in [5.41, 5.74) is 7.16. The van der Waals surface area contributed by atoms with E-state index in [0.717, 1.165) is 35.7 Å². The molecule has 1 atom stereocenters. The van der Waals surface area contributed by atoms with Crippen molar-refractivity contribution in [3.63, 3.8) is 0 Å². The highest BCUT2D eigenvalue weighted by Gasteiger charge is 2.26. The molecule has 5 rings (SSSR count). The zero-order valence-electron chi connectivity index (χ0n) is 20.7. The van der Waals surface area contributed by atoms with Gasteiger partial charge in [0, 0.05) is 25.7 Å². The van der Waals surface area contributed by atoms with Gasteiger partial charge in [-0.1, -0.05) is 30.3 Å². The lowest BCUT2D eigenvalue weighted by Gasteiger charge is -2.31. The number of benzene rings is 2. The maximum Gasteiger partial charge on any atom is 0.293 e. The Morgan fingerprint density at radius 2 is 1.86 bits per heavy atom. The molecule has 4 aromatic rings. The molecule has 0 aliphatic carbocycles. The first kappa shape index (κ1) is 24.3. The van der Waals surface area contributed by atoms with E-state index in [9.17, 15) is 20.1 Å². The van der Waals surface area contributed by atoms with Crippen molar-refractivity contribution in [1.82, 2.24) is 18.9 Å². The Kier molecular flexibility index (Phi) is 6.51. The first-order valence-corrected chi connectivity index (χ1v) is 12.5. The lowest BCUT2D eigenvalue weighted by molar-refractivity contribution is 0.447. The average Bonchev–Trinajstić information content (AvgIpc) is 3.32. The number of rotatable bonds is 6. The summed E-state index contributed by atoms with van der Waals surface area (Å²) >= 11 is 0. The Morgan fingerprint density at radius 3 is 2.57 bits per heavy atom. The number of hydrogen-bond donors (Lipinski definition) is 1. The number of fused-ring (bicyclic) bond motifs is 2. The van der Waals surface area contributed by atoms with Gasteiger partial charge in [-0.3, -0.25) is 9.59 Å². The minimum absolute atomic E-state index is 0.00692. The Morgan fingerprint density at radius 1 is 1.08 bits per heavy atom. The van der Waals surface area contributed by atoms with E-state index in [1.165, 1.54) is 9.36 Å². The second-order valence-corrected chi connectivity index (χ2v) is 9.33. The molecule has 0 bridgehead atoms. The molecule has 0 spiro atoms. The van der Waals surface area contributed by atoms with E-state index in [1.807, 2.05) is 37.3 Å². The van der Waals surface area contributed by atoms with Crippen molar-refractivity contribution in [2.75, 3.05) is 18.0 Å². The number of hydrogen-bond acceptors (Lipinski definition) is 7. The van der Waals surface area contributed by atoms with E-state index >= 15 is 0 Å². The summed E-state index contributed by atoms with van der Waals surface area (Å²) in [5, 5.41) is 20.4. The summed E-state index contributed by atoms with van der Waals surface area (Å²) in [5.74, 6) is 0.579. The fourth-order valence-corrected chi connectivity index (χ4v) is 5.30. The fourth-order valence-electron chi connectivity index (χ4n) is 5.30. The molecule has 0 amide bonds. The third kappa shape index (κ3) is 4.15. The maximum atomic E-state index is 14.0. The molecule has 188 valence electrons. The summed E-state index contributed by atoms with van der Waals surface area (Å²) in [6.07, 6.45) is 1.91. The number of piperidine rings is 1. The first-order valence-electron chi connectivity index (χ1n) is 12.5. The van der Waals surface area contributed by atoms with Crippen LogP contribution in [-0.2, 0) is 19.6 Å². The quantitative estimate of drug-likeness (QED) is 0.432. The highest BCUT2D eigenvalue weighted by molar-refractivity contribution is 5.90. The van der Waals surface area contributed by atoms with Crippen LogP contribution in [0.2, 0.25) is 0 Å². The molecule has 1 aliphatic heterocycles. The molecule has 2 N–H and O–H groups in total. The lowest BCUT2D eigenvalue weighted by atomic mass is 10.00. The largest absolute Gasteiger partial charge is 0.341 e. The van der Waals surface area contributed by atoms with Crippen LogP contribution in [0, 0.1) is 22.7 Å². The van der Waals surface area contributed by atoms with E-state index in [4.69, 9.17) is 5.73 Å². The van der Waals surface area contributed by atoms with Gasteiger partial charge in [0.1, 0.15) is 5.52 Å². The Balaban J connectivity index is 1.74. The molecule has 10 nitrogen and oxygen atoms in total. The molecule has 2 aromatic heterocycles. The predicted molar refractivity (Wildman–Crippen MR) is 141 cm³/mol. The van der Waals surface area contributed by atoms with Crippen molar-refractivity contribution >= 4 is 27.8 Å². The number of imidazole rings is 1. The second-order valence-electron chi connectivity index (χ2n) is 9.33. The summed E-state index contributed by atoms with van der Waals surface area (Å²) in [4.78, 5) is 34.5. The molecular weight excluding hydrogens is 468 g/mol. The lowest BCUT2D eigenvalue weighted by Crippen LogP contribution is -2.44. The van der Waals surface area contributed by atoms with E-state index in [-0.39, 0.29) is 42.1 Å². The van der Waals surface area contributed by atoms with Crippen LogP contribution in [0.3, 0.4) is 0 Å². The van der Waals surface area contributed by atoms with Crippen LogP contribution >= 0.6 is 0 Å². The van der Waals surface area contributed by atoms with Gasteiger partial charge in [0.15, 0.2) is 5.52 Å².